The molecule has 3 N–H and O–H groups in total. The van der Waals surface area contributed by atoms with Crippen molar-refractivity contribution in [3.8, 4) is 0 Å². The molecule has 1 saturated carbocycles. The maximum Gasteiger partial charge on any atom is 0.350 e. The van der Waals surface area contributed by atoms with Gasteiger partial charge in [0.1, 0.15) is 0 Å². The zero-order valence-electron chi connectivity index (χ0n) is 9.29. The highest BCUT2D eigenvalue weighted by Crippen LogP contribution is 2.29. The van der Waals surface area contributed by atoms with E-state index in [1.54, 1.807) is 0 Å². The fourth-order valence-electron chi connectivity index (χ4n) is 2.05. The highest BCUT2D eigenvalue weighted by Gasteiger charge is 2.40. The van der Waals surface area contributed by atoms with Gasteiger partial charge in [-0.15, -0.1) is 0 Å². The summed E-state index contributed by atoms with van der Waals surface area (Å²) in [6.07, 6.45) is 4.08. The molecule has 0 heterocycles. The van der Waals surface area contributed by atoms with Crippen LogP contribution in [0.25, 0.3) is 0 Å². The zero-order valence-corrected chi connectivity index (χ0v) is 10.9. The predicted molar refractivity (Wildman–Crippen MR) is 65.3 cm³/mol. The second kappa shape index (κ2) is 5.53. The van der Waals surface area contributed by atoms with Crippen LogP contribution in [-0.2, 0) is 10.0 Å². The number of sulfonamides is 1. The van der Waals surface area contributed by atoms with E-state index in [4.69, 9.17) is 18.0 Å². The summed E-state index contributed by atoms with van der Waals surface area (Å²) in [5.41, 5.74) is 4.36. The molecule has 0 aromatic carbocycles. The Kier molecular flexibility index (Phi) is 4.79. The van der Waals surface area contributed by atoms with E-state index in [-0.39, 0.29) is 4.99 Å². The minimum Gasteiger partial charge on any atom is -0.392 e. The van der Waals surface area contributed by atoms with Crippen LogP contribution in [0.4, 0.5) is 8.78 Å². The molecule has 0 unspecified atom stereocenters. The minimum atomic E-state index is -4.67. The fraction of sp³-hybridized carbons (Fsp3) is 0.889. The van der Waals surface area contributed by atoms with Gasteiger partial charge in [-0.3, -0.25) is 0 Å². The smallest absolute Gasteiger partial charge is 0.350 e. The van der Waals surface area contributed by atoms with Crippen LogP contribution in [0.15, 0.2) is 0 Å². The van der Waals surface area contributed by atoms with Crippen molar-refractivity contribution >= 4 is 27.2 Å². The third-order valence-electron chi connectivity index (χ3n) is 3.00. The van der Waals surface area contributed by atoms with Crippen molar-refractivity contribution < 1.29 is 17.2 Å². The molecule has 8 heteroatoms. The number of nitrogens with one attached hydrogen (secondary N) is 1. The number of halogens is 2. The summed E-state index contributed by atoms with van der Waals surface area (Å²) in [5, 5.41) is 0. The summed E-state index contributed by atoms with van der Waals surface area (Å²) in [6, 6.07) is 0. The number of nitrogens with two attached hydrogens (primary N) is 1. The molecule has 1 aliphatic rings. The molecule has 0 saturated heterocycles. The summed E-state index contributed by atoms with van der Waals surface area (Å²) in [5.74, 6) is -3.46. The van der Waals surface area contributed by atoms with E-state index < -0.39 is 21.3 Å². The maximum absolute atomic E-state index is 12.4. The van der Waals surface area contributed by atoms with Crippen molar-refractivity contribution in [2.75, 3.05) is 0 Å². The van der Waals surface area contributed by atoms with Crippen molar-refractivity contribution in [3.05, 3.63) is 0 Å². The van der Waals surface area contributed by atoms with Crippen molar-refractivity contribution in [3.63, 3.8) is 0 Å². The summed E-state index contributed by atoms with van der Waals surface area (Å²) in [7, 11) is -4.67. The van der Waals surface area contributed by atoms with Crippen LogP contribution in [0.1, 0.15) is 38.5 Å². The summed E-state index contributed by atoms with van der Waals surface area (Å²) >= 11 is 4.85. The van der Waals surface area contributed by atoms with E-state index in [2.05, 4.69) is 0 Å². The first-order valence-corrected chi connectivity index (χ1v) is 7.36. The van der Waals surface area contributed by atoms with E-state index in [1.165, 1.54) is 0 Å². The van der Waals surface area contributed by atoms with Crippen LogP contribution < -0.4 is 10.5 Å². The lowest BCUT2D eigenvalue weighted by molar-refractivity contribution is 0.229. The molecule has 17 heavy (non-hydrogen) atoms. The van der Waals surface area contributed by atoms with Gasteiger partial charge < -0.3 is 5.73 Å². The van der Waals surface area contributed by atoms with E-state index in [1.807, 2.05) is 4.72 Å². The summed E-state index contributed by atoms with van der Waals surface area (Å²) < 4.78 is 49.2. The molecule has 0 bridgehead atoms. The third-order valence-corrected chi connectivity index (χ3v) is 4.54. The van der Waals surface area contributed by atoms with E-state index in [9.17, 15) is 17.2 Å². The number of alkyl halides is 2. The van der Waals surface area contributed by atoms with E-state index in [0.717, 1.165) is 25.7 Å². The molecule has 0 spiro atoms. The average molecular weight is 286 g/mol. The van der Waals surface area contributed by atoms with Gasteiger partial charge in [-0.25, -0.2) is 8.42 Å². The molecular formula is C9H16F2N2O2S2. The second-order valence-electron chi connectivity index (χ2n) is 4.27. The van der Waals surface area contributed by atoms with Gasteiger partial charge in [0.2, 0.25) is 0 Å². The molecule has 1 aliphatic carbocycles. The van der Waals surface area contributed by atoms with Gasteiger partial charge >= 0.3 is 5.76 Å². The Balaban J connectivity index is 2.96. The van der Waals surface area contributed by atoms with E-state index in [0.29, 0.717) is 12.8 Å². The van der Waals surface area contributed by atoms with E-state index >= 15 is 0 Å². The number of thiocarbonyl (C=S) groups is 1. The summed E-state index contributed by atoms with van der Waals surface area (Å²) in [4.78, 5) is -0.0522. The Bertz CT molecular complexity index is 376. The van der Waals surface area contributed by atoms with Crippen molar-refractivity contribution in [2.45, 2.75) is 49.8 Å². The standard InChI is InChI=1S/C9H16F2N2O2S2/c10-8(11)17(14,15)13-9(7(12)16)5-3-1-2-4-6-9/h8,13H,1-6H2,(H2,12,16). The Morgan fingerprint density at radius 2 is 1.71 bits per heavy atom. The summed E-state index contributed by atoms with van der Waals surface area (Å²) in [6.45, 7) is 0. The molecule has 0 atom stereocenters. The lowest BCUT2D eigenvalue weighted by atomic mass is 9.91. The molecule has 0 aromatic heterocycles. The van der Waals surface area contributed by atoms with Crippen molar-refractivity contribution in [1.82, 2.24) is 4.72 Å². The third kappa shape index (κ3) is 3.56. The highest BCUT2D eigenvalue weighted by atomic mass is 32.2. The first-order valence-electron chi connectivity index (χ1n) is 5.41. The van der Waals surface area contributed by atoms with Gasteiger partial charge in [0.15, 0.2) is 0 Å². The zero-order chi connectivity index (χ0) is 13.1. The quantitative estimate of drug-likeness (QED) is 0.607. The van der Waals surface area contributed by atoms with Crippen LogP contribution in [0.5, 0.6) is 0 Å². The van der Waals surface area contributed by atoms with Crippen LogP contribution in [-0.4, -0.2) is 24.7 Å². The number of hydrogen-bond donors (Lipinski definition) is 2. The van der Waals surface area contributed by atoms with Crippen LogP contribution in [0, 0.1) is 0 Å². The van der Waals surface area contributed by atoms with Crippen LogP contribution in [0.3, 0.4) is 0 Å². The second-order valence-corrected chi connectivity index (χ2v) is 6.36. The number of rotatable bonds is 4. The monoisotopic (exact) mass is 286 g/mol. The Labute approximate surface area is 105 Å². The lowest BCUT2D eigenvalue weighted by Crippen LogP contribution is -2.57. The number of hydrogen-bond acceptors (Lipinski definition) is 3. The molecular weight excluding hydrogens is 270 g/mol. The molecule has 0 aliphatic heterocycles. The Hall–Kier alpha value is -0.340. The van der Waals surface area contributed by atoms with Crippen LogP contribution >= 0.6 is 12.2 Å². The molecule has 0 radical (unpaired) electrons. The predicted octanol–water partition coefficient (Wildman–Crippen LogP) is 1.51. The van der Waals surface area contributed by atoms with Gasteiger partial charge in [-0.2, -0.15) is 13.5 Å². The average Bonchev–Trinajstić information content (AvgIpc) is 2.43. The van der Waals surface area contributed by atoms with Crippen molar-refractivity contribution in [2.24, 2.45) is 5.73 Å². The fourth-order valence-corrected chi connectivity index (χ4v) is 3.32. The highest BCUT2D eigenvalue weighted by molar-refractivity contribution is 7.90. The molecule has 1 rings (SSSR count). The van der Waals surface area contributed by atoms with Gasteiger partial charge in [0.25, 0.3) is 10.0 Å². The lowest BCUT2D eigenvalue weighted by Gasteiger charge is -2.32. The molecule has 1 fully saturated rings. The van der Waals surface area contributed by atoms with Crippen molar-refractivity contribution in [1.29, 1.82) is 0 Å². The van der Waals surface area contributed by atoms with Gasteiger partial charge in [-0.1, -0.05) is 37.9 Å². The first-order chi connectivity index (χ1) is 7.80. The topological polar surface area (TPSA) is 72.2 Å². The van der Waals surface area contributed by atoms with Gasteiger partial charge in [0, 0.05) is 0 Å². The molecule has 0 aromatic rings. The molecule has 4 nitrogen and oxygen atoms in total. The largest absolute Gasteiger partial charge is 0.392 e. The van der Waals surface area contributed by atoms with Crippen LogP contribution in [0.2, 0.25) is 0 Å². The van der Waals surface area contributed by atoms with Gasteiger partial charge in [0.05, 0.1) is 10.5 Å². The normalized spacial score (nSPS) is 21.1. The van der Waals surface area contributed by atoms with Gasteiger partial charge in [-0.05, 0) is 12.8 Å². The maximum atomic E-state index is 12.4. The molecule has 100 valence electrons. The minimum absolute atomic E-state index is 0.0522. The SMILES string of the molecule is NC(=S)C1(NS(=O)(=O)C(F)F)CCCCCC1. The Morgan fingerprint density at radius 1 is 1.24 bits per heavy atom. The molecule has 0 amide bonds. The first kappa shape index (κ1) is 14.7. The Morgan fingerprint density at radius 3 is 2.06 bits per heavy atom.